The Balaban J connectivity index is 2.00. The van der Waals surface area contributed by atoms with Gasteiger partial charge in [-0.25, -0.2) is 4.79 Å². The summed E-state index contributed by atoms with van der Waals surface area (Å²) in [5.41, 5.74) is 2.02. The van der Waals surface area contributed by atoms with Gasteiger partial charge in [0.15, 0.2) is 11.5 Å². The maximum atomic E-state index is 12.4. The quantitative estimate of drug-likeness (QED) is 0.782. The van der Waals surface area contributed by atoms with Crippen LogP contribution in [0.2, 0.25) is 5.02 Å². The predicted molar refractivity (Wildman–Crippen MR) is 91.7 cm³/mol. The number of aryl methyl sites for hydroxylation is 1. The van der Waals surface area contributed by atoms with Crippen molar-refractivity contribution in [1.29, 1.82) is 0 Å². The van der Waals surface area contributed by atoms with E-state index in [1.807, 2.05) is 6.92 Å². The Morgan fingerprint density at radius 1 is 1.20 bits per heavy atom. The summed E-state index contributed by atoms with van der Waals surface area (Å²) in [5, 5.41) is 5.82. The van der Waals surface area contributed by atoms with Gasteiger partial charge in [0.1, 0.15) is 0 Å². The summed E-state index contributed by atoms with van der Waals surface area (Å²) in [4.78, 5) is 12.0. The van der Waals surface area contributed by atoms with Gasteiger partial charge in [0.25, 0.3) is 0 Å². The smallest absolute Gasteiger partial charge is 0.387 e. The minimum atomic E-state index is -2.97. The van der Waals surface area contributed by atoms with Crippen LogP contribution in [0.25, 0.3) is 0 Å². The summed E-state index contributed by atoms with van der Waals surface area (Å²) >= 11 is 5.90. The van der Waals surface area contributed by atoms with Crippen LogP contribution >= 0.6 is 11.6 Å². The van der Waals surface area contributed by atoms with Crippen molar-refractivity contribution in [1.82, 2.24) is 5.32 Å². The zero-order valence-electron chi connectivity index (χ0n) is 13.6. The number of ether oxygens (including phenoxy) is 2. The average Bonchev–Trinajstić information content (AvgIpc) is 2.56. The number of halogens is 3. The third kappa shape index (κ3) is 5.49. The highest BCUT2D eigenvalue weighted by molar-refractivity contribution is 6.31. The van der Waals surface area contributed by atoms with Gasteiger partial charge >= 0.3 is 12.6 Å². The molecular formula is C17H17ClF2N2O3. The Kier molecular flexibility index (Phi) is 6.41. The van der Waals surface area contributed by atoms with Crippen LogP contribution in [0.15, 0.2) is 36.4 Å². The minimum absolute atomic E-state index is 0.0945. The number of amides is 2. The zero-order chi connectivity index (χ0) is 18.4. The van der Waals surface area contributed by atoms with Gasteiger partial charge in [-0.15, -0.1) is 0 Å². The van der Waals surface area contributed by atoms with Crippen molar-refractivity contribution in [2.45, 2.75) is 20.1 Å². The van der Waals surface area contributed by atoms with E-state index >= 15 is 0 Å². The molecule has 0 radical (unpaired) electrons. The van der Waals surface area contributed by atoms with Gasteiger partial charge in [0.2, 0.25) is 0 Å². The molecule has 8 heteroatoms. The topological polar surface area (TPSA) is 59.6 Å². The lowest BCUT2D eigenvalue weighted by molar-refractivity contribution is -0.0512. The summed E-state index contributed by atoms with van der Waals surface area (Å²) in [6, 6.07) is 9.22. The first-order chi connectivity index (χ1) is 11.9. The number of benzene rings is 2. The van der Waals surface area contributed by atoms with E-state index in [4.69, 9.17) is 16.3 Å². The van der Waals surface area contributed by atoms with Crippen molar-refractivity contribution in [2.75, 3.05) is 12.4 Å². The Hall–Kier alpha value is -2.54. The molecular weight excluding hydrogens is 354 g/mol. The lowest BCUT2D eigenvalue weighted by Gasteiger charge is -2.13. The molecule has 5 nitrogen and oxygen atoms in total. The molecule has 0 saturated carbocycles. The summed E-state index contributed by atoms with van der Waals surface area (Å²) in [6.45, 7) is -1.01. The van der Waals surface area contributed by atoms with Gasteiger partial charge in [-0.2, -0.15) is 8.78 Å². The van der Waals surface area contributed by atoms with Crippen molar-refractivity contribution in [2.24, 2.45) is 0 Å². The standard InChI is InChI=1S/C17H17ClF2N2O3/c1-10-3-5-12(18)8-13(10)22-17(23)21-9-11-4-6-14(24-2)15(7-11)25-16(19)20/h3-8,16H,9H2,1-2H3,(H2,21,22,23). The summed E-state index contributed by atoms with van der Waals surface area (Å²) < 4.78 is 34.2. The molecule has 0 bridgehead atoms. The van der Waals surface area contributed by atoms with Crippen molar-refractivity contribution in [3.05, 3.63) is 52.5 Å². The highest BCUT2D eigenvalue weighted by atomic mass is 35.5. The van der Waals surface area contributed by atoms with E-state index in [2.05, 4.69) is 15.4 Å². The molecule has 134 valence electrons. The van der Waals surface area contributed by atoms with Crippen molar-refractivity contribution >= 4 is 23.3 Å². The van der Waals surface area contributed by atoms with Gasteiger partial charge in [-0.1, -0.05) is 23.7 Å². The third-order valence-corrected chi connectivity index (χ3v) is 3.58. The minimum Gasteiger partial charge on any atom is -0.493 e. The molecule has 2 amide bonds. The molecule has 0 aliphatic heterocycles. The number of carbonyl (C=O) groups excluding carboxylic acids is 1. The van der Waals surface area contributed by atoms with Gasteiger partial charge in [0, 0.05) is 17.3 Å². The van der Waals surface area contributed by atoms with E-state index in [1.54, 1.807) is 24.3 Å². The Labute approximate surface area is 148 Å². The van der Waals surface area contributed by atoms with Crippen LogP contribution in [0, 0.1) is 6.92 Å². The molecule has 0 heterocycles. The molecule has 0 spiro atoms. The van der Waals surface area contributed by atoms with Crippen LogP contribution < -0.4 is 20.1 Å². The first-order valence-electron chi connectivity index (χ1n) is 7.31. The SMILES string of the molecule is COc1ccc(CNC(=O)Nc2cc(Cl)ccc2C)cc1OC(F)F. The molecule has 2 aromatic carbocycles. The maximum Gasteiger partial charge on any atom is 0.387 e. The largest absolute Gasteiger partial charge is 0.493 e. The molecule has 0 saturated heterocycles. The van der Waals surface area contributed by atoms with E-state index < -0.39 is 12.6 Å². The Morgan fingerprint density at radius 3 is 2.64 bits per heavy atom. The van der Waals surface area contributed by atoms with E-state index in [9.17, 15) is 13.6 Å². The summed E-state index contributed by atoms with van der Waals surface area (Å²) in [7, 11) is 1.35. The van der Waals surface area contributed by atoms with Gasteiger partial charge in [-0.3, -0.25) is 0 Å². The highest BCUT2D eigenvalue weighted by Gasteiger charge is 2.12. The number of methoxy groups -OCH3 is 1. The van der Waals surface area contributed by atoms with Crippen LogP contribution in [0.5, 0.6) is 11.5 Å². The number of urea groups is 1. The monoisotopic (exact) mass is 370 g/mol. The molecule has 0 aliphatic carbocycles. The predicted octanol–water partition coefficient (Wildman–Crippen LogP) is 4.58. The molecule has 2 N–H and O–H groups in total. The van der Waals surface area contributed by atoms with Crippen molar-refractivity contribution < 1.29 is 23.0 Å². The van der Waals surface area contributed by atoms with E-state index in [0.717, 1.165) is 5.56 Å². The van der Waals surface area contributed by atoms with Crippen LogP contribution in [-0.2, 0) is 6.54 Å². The number of hydrogen-bond donors (Lipinski definition) is 2. The number of hydrogen-bond acceptors (Lipinski definition) is 3. The average molecular weight is 371 g/mol. The van der Waals surface area contributed by atoms with Crippen LogP contribution in [0.3, 0.4) is 0 Å². The normalized spacial score (nSPS) is 10.5. The van der Waals surface area contributed by atoms with E-state index in [-0.39, 0.29) is 18.0 Å². The fourth-order valence-electron chi connectivity index (χ4n) is 2.10. The van der Waals surface area contributed by atoms with Crippen LogP contribution in [0.1, 0.15) is 11.1 Å². The molecule has 0 atom stereocenters. The Morgan fingerprint density at radius 2 is 1.96 bits per heavy atom. The van der Waals surface area contributed by atoms with Crippen LogP contribution in [0.4, 0.5) is 19.3 Å². The molecule has 25 heavy (non-hydrogen) atoms. The second-order valence-corrected chi connectivity index (χ2v) is 5.57. The first kappa shape index (κ1) is 18.8. The highest BCUT2D eigenvalue weighted by Crippen LogP contribution is 2.29. The first-order valence-corrected chi connectivity index (χ1v) is 7.69. The fraction of sp³-hybridized carbons (Fsp3) is 0.235. The number of carbonyl (C=O) groups is 1. The second kappa shape index (κ2) is 8.53. The number of anilines is 1. The molecule has 2 rings (SSSR count). The number of nitrogens with one attached hydrogen (secondary N) is 2. The van der Waals surface area contributed by atoms with Crippen molar-refractivity contribution in [3.63, 3.8) is 0 Å². The van der Waals surface area contributed by atoms with E-state index in [1.165, 1.54) is 19.2 Å². The van der Waals surface area contributed by atoms with Gasteiger partial charge in [0.05, 0.1) is 7.11 Å². The van der Waals surface area contributed by atoms with Gasteiger partial charge < -0.3 is 20.1 Å². The maximum absolute atomic E-state index is 12.4. The van der Waals surface area contributed by atoms with E-state index in [0.29, 0.717) is 16.3 Å². The third-order valence-electron chi connectivity index (χ3n) is 3.34. The Bertz CT molecular complexity index is 757. The van der Waals surface area contributed by atoms with Crippen molar-refractivity contribution in [3.8, 4) is 11.5 Å². The zero-order valence-corrected chi connectivity index (χ0v) is 14.4. The molecule has 0 aromatic heterocycles. The van der Waals surface area contributed by atoms with Gasteiger partial charge in [-0.05, 0) is 42.3 Å². The number of rotatable bonds is 6. The summed E-state index contributed by atoms with van der Waals surface area (Å²) in [5.74, 6) is 0.0888. The second-order valence-electron chi connectivity index (χ2n) is 5.13. The molecule has 0 unspecified atom stereocenters. The molecule has 2 aromatic rings. The number of alkyl halides is 2. The molecule has 0 fully saturated rings. The summed E-state index contributed by atoms with van der Waals surface area (Å²) in [6.07, 6.45) is 0. The van der Waals surface area contributed by atoms with Crippen LogP contribution in [-0.4, -0.2) is 19.8 Å². The lowest BCUT2D eigenvalue weighted by Crippen LogP contribution is -2.28. The molecule has 0 aliphatic rings. The fourth-order valence-corrected chi connectivity index (χ4v) is 2.27. The lowest BCUT2D eigenvalue weighted by atomic mass is 10.2.